The summed E-state index contributed by atoms with van der Waals surface area (Å²) >= 11 is 0. The highest BCUT2D eigenvalue weighted by atomic mass is 16.2. The molecule has 1 saturated heterocycles. The van der Waals surface area contributed by atoms with Crippen molar-refractivity contribution in [2.75, 3.05) is 38.0 Å². The number of carbonyl (C=O) groups is 1. The predicted molar refractivity (Wildman–Crippen MR) is 109 cm³/mol. The summed E-state index contributed by atoms with van der Waals surface area (Å²) in [6, 6.07) is 8.31. The Morgan fingerprint density at radius 3 is 2.44 bits per heavy atom. The highest BCUT2D eigenvalue weighted by Gasteiger charge is 2.18. The molecule has 2 N–H and O–H groups in total. The Balaban J connectivity index is 1.54. The Bertz CT molecular complexity index is 706. The van der Waals surface area contributed by atoms with E-state index >= 15 is 0 Å². The Morgan fingerprint density at radius 1 is 1.07 bits per heavy atom. The number of carbonyl (C=O) groups excluding carboxylic acids is 1. The van der Waals surface area contributed by atoms with E-state index in [4.69, 9.17) is 0 Å². The van der Waals surface area contributed by atoms with E-state index in [1.54, 1.807) is 6.20 Å². The van der Waals surface area contributed by atoms with Crippen molar-refractivity contribution in [1.82, 2.24) is 20.0 Å². The van der Waals surface area contributed by atoms with Crippen LogP contribution in [0.15, 0.2) is 30.5 Å². The SMILES string of the molecule is CCc1cccc(CC)c1NC(=O)CN1CCCN(Cc2ccn[nH]2)CC1. The van der Waals surface area contributed by atoms with Gasteiger partial charge in [-0.05, 0) is 49.5 Å². The van der Waals surface area contributed by atoms with Crippen LogP contribution in [0.3, 0.4) is 0 Å². The van der Waals surface area contributed by atoms with Crippen molar-refractivity contribution in [3.63, 3.8) is 0 Å². The molecular formula is C21H31N5O. The number of benzene rings is 1. The summed E-state index contributed by atoms with van der Waals surface area (Å²) in [6.07, 6.45) is 4.72. The molecule has 3 rings (SSSR count). The minimum Gasteiger partial charge on any atom is -0.324 e. The van der Waals surface area contributed by atoms with Crippen LogP contribution in [-0.2, 0) is 24.2 Å². The van der Waals surface area contributed by atoms with E-state index in [9.17, 15) is 4.79 Å². The largest absolute Gasteiger partial charge is 0.324 e. The molecular weight excluding hydrogens is 338 g/mol. The van der Waals surface area contributed by atoms with E-state index in [1.165, 1.54) is 11.1 Å². The summed E-state index contributed by atoms with van der Waals surface area (Å²) in [5.41, 5.74) is 4.58. The van der Waals surface area contributed by atoms with Crippen LogP contribution in [0.4, 0.5) is 5.69 Å². The van der Waals surface area contributed by atoms with Crippen molar-refractivity contribution in [3.8, 4) is 0 Å². The lowest BCUT2D eigenvalue weighted by Gasteiger charge is -2.22. The van der Waals surface area contributed by atoms with Gasteiger partial charge in [-0.15, -0.1) is 0 Å². The molecule has 2 heterocycles. The number of aromatic nitrogens is 2. The van der Waals surface area contributed by atoms with Crippen LogP contribution in [0.2, 0.25) is 0 Å². The van der Waals surface area contributed by atoms with Crippen LogP contribution in [0.1, 0.15) is 37.1 Å². The topological polar surface area (TPSA) is 64.3 Å². The standard InChI is InChI=1S/C21H31N5O/c1-3-17-7-5-8-18(4-2)21(17)23-20(27)16-26-12-6-11-25(13-14-26)15-19-9-10-22-24-19/h5,7-10H,3-4,6,11-16H2,1-2H3,(H,22,24)(H,23,27). The van der Waals surface area contributed by atoms with Gasteiger partial charge in [0.25, 0.3) is 0 Å². The molecule has 0 unspecified atom stereocenters. The van der Waals surface area contributed by atoms with Crippen molar-refractivity contribution in [3.05, 3.63) is 47.3 Å². The summed E-state index contributed by atoms with van der Waals surface area (Å²) in [5, 5.41) is 10.2. The number of amides is 1. The van der Waals surface area contributed by atoms with Gasteiger partial charge in [-0.2, -0.15) is 5.10 Å². The zero-order valence-electron chi connectivity index (χ0n) is 16.5. The minimum absolute atomic E-state index is 0.0904. The average molecular weight is 370 g/mol. The van der Waals surface area contributed by atoms with Crippen LogP contribution in [0.5, 0.6) is 0 Å². The first-order chi connectivity index (χ1) is 13.2. The van der Waals surface area contributed by atoms with Crippen LogP contribution in [0, 0.1) is 0 Å². The maximum atomic E-state index is 12.7. The van der Waals surface area contributed by atoms with Crippen LogP contribution in [0.25, 0.3) is 0 Å². The van der Waals surface area contributed by atoms with Gasteiger partial charge in [0.2, 0.25) is 5.91 Å². The van der Waals surface area contributed by atoms with Crippen LogP contribution in [-0.4, -0.2) is 58.6 Å². The van der Waals surface area contributed by atoms with E-state index in [0.717, 1.165) is 63.4 Å². The van der Waals surface area contributed by atoms with Crippen molar-refractivity contribution < 1.29 is 4.79 Å². The van der Waals surface area contributed by atoms with Gasteiger partial charge in [-0.3, -0.25) is 19.7 Å². The van der Waals surface area contributed by atoms with Crippen LogP contribution >= 0.6 is 0 Å². The summed E-state index contributed by atoms with van der Waals surface area (Å²) < 4.78 is 0. The Kier molecular flexibility index (Phi) is 7.01. The monoisotopic (exact) mass is 369 g/mol. The Labute approximate surface area is 161 Å². The third-order valence-corrected chi connectivity index (χ3v) is 5.26. The first kappa shape index (κ1) is 19.6. The first-order valence-corrected chi connectivity index (χ1v) is 10.0. The third kappa shape index (κ3) is 5.40. The number of para-hydroxylation sites is 1. The fourth-order valence-electron chi connectivity index (χ4n) is 3.74. The lowest BCUT2D eigenvalue weighted by atomic mass is 10.0. The molecule has 2 aromatic rings. The van der Waals surface area contributed by atoms with Crippen molar-refractivity contribution in [2.45, 2.75) is 39.7 Å². The molecule has 0 radical (unpaired) electrons. The smallest absolute Gasteiger partial charge is 0.238 e. The zero-order chi connectivity index (χ0) is 19.1. The molecule has 1 aliphatic rings. The number of nitrogens with zero attached hydrogens (tertiary/aromatic N) is 3. The van der Waals surface area contributed by atoms with E-state index in [2.05, 4.69) is 57.4 Å². The molecule has 1 aliphatic heterocycles. The maximum absolute atomic E-state index is 12.7. The molecule has 1 fully saturated rings. The molecule has 0 spiro atoms. The molecule has 6 heteroatoms. The number of hydrogen-bond acceptors (Lipinski definition) is 4. The van der Waals surface area contributed by atoms with Gasteiger partial charge in [0.05, 0.1) is 6.54 Å². The van der Waals surface area contributed by atoms with Gasteiger partial charge in [0, 0.05) is 37.2 Å². The maximum Gasteiger partial charge on any atom is 0.238 e. The second kappa shape index (κ2) is 9.67. The zero-order valence-corrected chi connectivity index (χ0v) is 16.5. The van der Waals surface area contributed by atoms with Crippen molar-refractivity contribution >= 4 is 11.6 Å². The lowest BCUT2D eigenvalue weighted by Crippen LogP contribution is -2.36. The number of rotatable bonds is 7. The fraction of sp³-hybridized carbons (Fsp3) is 0.524. The van der Waals surface area contributed by atoms with Crippen LogP contribution < -0.4 is 5.32 Å². The summed E-state index contributed by atoms with van der Waals surface area (Å²) in [4.78, 5) is 17.4. The second-order valence-electron chi connectivity index (χ2n) is 7.19. The number of anilines is 1. The highest BCUT2D eigenvalue weighted by Crippen LogP contribution is 2.22. The molecule has 0 bridgehead atoms. The predicted octanol–water partition coefficient (Wildman–Crippen LogP) is 2.68. The molecule has 146 valence electrons. The van der Waals surface area contributed by atoms with E-state index in [-0.39, 0.29) is 5.91 Å². The van der Waals surface area contributed by atoms with E-state index < -0.39 is 0 Å². The average Bonchev–Trinajstić information content (AvgIpc) is 3.09. The number of hydrogen-bond donors (Lipinski definition) is 2. The molecule has 0 saturated carbocycles. The summed E-state index contributed by atoms with van der Waals surface area (Å²) in [7, 11) is 0. The Hall–Kier alpha value is -2.18. The quantitative estimate of drug-likeness (QED) is 0.788. The second-order valence-corrected chi connectivity index (χ2v) is 7.19. The highest BCUT2D eigenvalue weighted by molar-refractivity contribution is 5.93. The van der Waals surface area contributed by atoms with Gasteiger partial charge in [0.15, 0.2) is 0 Å². The first-order valence-electron chi connectivity index (χ1n) is 10.0. The number of H-pyrrole nitrogens is 1. The summed E-state index contributed by atoms with van der Waals surface area (Å²) in [5.74, 6) is 0.0904. The van der Waals surface area contributed by atoms with Gasteiger partial charge in [0.1, 0.15) is 0 Å². The number of nitrogens with one attached hydrogen (secondary N) is 2. The van der Waals surface area contributed by atoms with Crippen molar-refractivity contribution in [2.24, 2.45) is 0 Å². The Morgan fingerprint density at radius 2 is 1.78 bits per heavy atom. The lowest BCUT2D eigenvalue weighted by molar-refractivity contribution is -0.117. The van der Waals surface area contributed by atoms with Crippen molar-refractivity contribution in [1.29, 1.82) is 0 Å². The molecule has 0 aliphatic carbocycles. The van der Waals surface area contributed by atoms with E-state index in [1.807, 2.05) is 6.07 Å². The third-order valence-electron chi connectivity index (χ3n) is 5.26. The van der Waals surface area contributed by atoms with Gasteiger partial charge in [-0.1, -0.05) is 32.0 Å². The normalized spacial score (nSPS) is 16.2. The van der Waals surface area contributed by atoms with Gasteiger partial charge < -0.3 is 5.32 Å². The molecule has 1 aromatic carbocycles. The molecule has 6 nitrogen and oxygen atoms in total. The molecule has 1 amide bonds. The minimum atomic E-state index is 0.0904. The van der Waals surface area contributed by atoms with E-state index in [0.29, 0.717) is 6.54 Å². The fourth-order valence-corrected chi connectivity index (χ4v) is 3.74. The number of aryl methyl sites for hydroxylation is 2. The molecule has 27 heavy (non-hydrogen) atoms. The number of aromatic amines is 1. The summed E-state index contributed by atoms with van der Waals surface area (Å²) in [6.45, 7) is 9.51. The van der Waals surface area contributed by atoms with Gasteiger partial charge >= 0.3 is 0 Å². The molecule has 0 atom stereocenters. The van der Waals surface area contributed by atoms with Gasteiger partial charge in [-0.25, -0.2) is 0 Å². The molecule has 1 aromatic heterocycles.